The van der Waals surface area contributed by atoms with Crippen LogP contribution in [0.15, 0.2) is 42.5 Å². The molecule has 0 spiro atoms. The number of nitrogens with zero attached hydrogens (tertiary/aromatic N) is 2. The molecule has 2 aromatic rings. The first-order valence-electron chi connectivity index (χ1n) is 10.1. The average molecular weight is 401 g/mol. The normalized spacial score (nSPS) is 15.1. The summed E-state index contributed by atoms with van der Waals surface area (Å²) in [7, 11) is 5.09. The Hall–Kier alpha value is -2.44. The van der Waals surface area contributed by atoms with Gasteiger partial charge in [0.2, 0.25) is 0 Å². The predicted octanol–water partition coefficient (Wildman–Crippen LogP) is 3.30. The Morgan fingerprint density at radius 3 is 2.00 bits per heavy atom. The molecule has 1 saturated heterocycles. The second-order valence-electron chi connectivity index (χ2n) is 7.17. The Labute approximate surface area is 173 Å². The van der Waals surface area contributed by atoms with Gasteiger partial charge in [0.25, 0.3) is 0 Å². The van der Waals surface area contributed by atoms with E-state index in [1.165, 1.54) is 5.56 Å². The minimum absolute atomic E-state index is 0.730. The van der Waals surface area contributed by atoms with Gasteiger partial charge in [-0.1, -0.05) is 0 Å². The van der Waals surface area contributed by atoms with Crippen molar-refractivity contribution in [3.05, 3.63) is 48.0 Å². The SMILES string of the molecule is COc1ccc(OCCCN2CCN(Cc3cc(OC)ccc3OC)CC2)cc1. The Balaban J connectivity index is 1.37. The minimum atomic E-state index is 0.730. The Morgan fingerprint density at radius 2 is 1.34 bits per heavy atom. The van der Waals surface area contributed by atoms with E-state index in [9.17, 15) is 0 Å². The molecule has 2 aromatic carbocycles. The molecule has 0 amide bonds. The highest BCUT2D eigenvalue weighted by Crippen LogP contribution is 2.25. The fourth-order valence-electron chi connectivity index (χ4n) is 3.57. The summed E-state index contributed by atoms with van der Waals surface area (Å²) in [6, 6.07) is 13.7. The fourth-order valence-corrected chi connectivity index (χ4v) is 3.57. The van der Waals surface area contributed by atoms with E-state index < -0.39 is 0 Å². The molecule has 0 saturated carbocycles. The average Bonchev–Trinajstić information content (AvgIpc) is 2.78. The van der Waals surface area contributed by atoms with Gasteiger partial charge in [0.05, 0.1) is 27.9 Å². The fraction of sp³-hybridized carbons (Fsp3) is 0.478. The lowest BCUT2D eigenvalue weighted by atomic mass is 10.1. The van der Waals surface area contributed by atoms with E-state index >= 15 is 0 Å². The molecule has 1 fully saturated rings. The van der Waals surface area contributed by atoms with Crippen LogP contribution in [0.2, 0.25) is 0 Å². The van der Waals surface area contributed by atoms with Gasteiger partial charge >= 0.3 is 0 Å². The molecule has 1 aliphatic rings. The van der Waals surface area contributed by atoms with Gasteiger partial charge in [-0.15, -0.1) is 0 Å². The van der Waals surface area contributed by atoms with Crippen LogP contribution >= 0.6 is 0 Å². The highest BCUT2D eigenvalue weighted by Gasteiger charge is 2.18. The van der Waals surface area contributed by atoms with Crippen molar-refractivity contribution in [3.8, 4) is 23.0 Å². The Morgan fingerprint density at radius 1 is 0.724 bits per heavy atom. The molecule has 6 heteroatoms. The first-order chi connectivity index (χ1) is 14.2. The number of piperazine rings is 1. The molecule has 0 radical (unpaired) electrons. The van der Waals surface area contributed by atoms with Gasteiger partial charge in [-0.25, -0.2) is 0 Å². The van der Waals surface area contributed by atoms with Crippen molar-refractivity contribution in [1.82, 2.24) is 9.80 Å². The summed E-state index contributed by atoms with van der Waals surface area (Å²) in [5, 5.41) is 0. The van der Waals surface area contributed by atoms with Crippen LogP contribution in [0.25, 0.3) is 0 Å². The van der Waals surface area contributed by atoms with E-state index in [0.29, 0.717) is 0 Å². The molecule has 3 rings (SSSR count). The lowest BCUT2D eigenvalue weighted by Crippen LogP contribution is -2.46. The van der Waals surface area contributed by atoms with E-state index in [4.69, 9.17) is 18.9 Å². The van der Waals surface area contributed by atoms with Crippen molar-refractivity contribution in [3.63, 3.8) is 0 Å². The van der Waals surface area contributed by atoms with Crippen molar-refractivity contribution < 1.29 is 18.9 Å². The van der Waals surface area contributed by atoms with Crippen molar-refractivity contribution in [2.45, 2.75) is 13.0 Å². The second-order valence-corrected chi connectivity index (χ2v) is 7.17. The van der Waals surface area contributed by atoms with E-state index in [-0.39, 0.29) is 0 Å². The number of ether oxygens (including phenoxy) is 4. The first kappa shape index (κ1) is 21.3. The number of hydrogen-bond acceptors (Lipinski definition) is 6. The molecule has 0 bridgehead atoms. The third kappa shape index (κ3) is 6.27. The van der Waals surface area contributed by atoms with Crippen molar-refractivity contribution in [2.24, 2.45) is 0 Å². The van der Waals surface area contributed by atoms with Gasteiger partial charge < -0.3 is 23.8 Å². The van der Waals surface area contributed by atoms with Crippen LogP contribution < -0.4 is 18.9 Å². The quantitative estimate of drug-likeness (QED) is 0.570. The molecular formula is C23H32N2O4. The molecular weight excluding hydrogens is 368 g/mol. The zero-order chi connectivity index (χ0) is 20.5. The molecule has 0 aliphatic carbocycles. The Bertz CT molecular complexity index is 743. The number of benzene rings is 2. The van der Waals surface area contributed by atoms with Gasteiger partial charge in [-0.3, -0.25) is 4.90 Å². The minimum Gasteiger partial charge on any atom is -0.497 e. The lowest BCUT2D eigenvalue weighted by Gasteiger charge is -2.35. The number of hydrogen-bond donors (Lipinski definition) is 0. The van der Waals surface area contributed by atoms with Crippen molar-refractivity contribution >= 4 is 0 Å². The van der Waals surface area contributed by atoms with Crippen molar-refractivity contribution in [1.29, 1.82) is 0 Å². The van der Waals surface area contributed by atoms with Crippen LogP contribution in [0.3, 0.4) is 0 Å². The summed E-state index contributed by atoms with van der Waals surface area (Å²) in [6.45, 7) is 6.94. The molecule has 6 nitrogen and oxygen atoms in total. The molecule has 1 aliphatic heterocycles. The van der Waals surface area contributed by atoms with Crippen molar-refractivity contribution in [2.75, 3.05) is 60.7 Å². The monoisotopic (exact) mass is 400 g/mol. The molecule has 29 heavy (non-hydrogen) atoms. The number of methoxy groups -OCH3 is 3. The summed E-state index contributed by atoms with van der Waals surface area (Å²) in [4.78, 5) is 4.98. The summed E-state index contributed by atoms with van der Waals surface area (Å²) >= 11 is 0. The van der Waals surface area contributed by atoms with Gasteiger partial charge in [0.15, 0.2) is 0 Å². The van der Waals surface area contributed by atoms with Crippen LogP contribution in [0.4, 0.5) is 0 Å². The third-order valence-corrected chi connectivity index (χ3v) is 5.29. The van der Waals surface area contributed by atoms with Gasteiger partial charge in [-0.2, -0.15) is 0 Å². The molecule has 1 heterocycles. The summed E-state index contributed by atoms with van der Waals surface area (Å²) in [6.07, 6.45) is 1.02. The summed E-state index contributed by atoms with van der Waals surface area (Å²) in [5.41, 5.74) is 1.17. The topological polar surface area (TPSA) is 43.4 Å². The molecule has 0 unspecified atom stereocenters. The summed E-state index contributed by atoms with van der Waals surface area (Å²) < 4.78 is 21.9. The van der Waals surface area contributed by atoms with E-state index in [2.05, 4.69) is 15.9 Å². The number of rotatable bonds is 10. The van der Waals surface area contributed by atoms with Gasteiger partial charge in [-0.05, 0) is 48.9 Å². The molecule has 0 atom stereocenters. The van der Waals surface area contributed by atoms with E-state index in [1.54, 1.807) is 21.3 Å². The molecule has 158 valence electrons. The van der Waals surface area contributed by atoms with Gasteiger partial charge in [0, 0.05) is 44.8 Å². The maximum absolute atomic E-state index is 5.83. The zero-order valence-corrected chi connectivity index (χ0v) is 17.7. The zero-order valence-electron chi connectivity index (χ0n) is 17.7. The highest BCUT2D eigenvalue weighted by molar-refractivity contribution is 5.40. The molecule has 0 aromatic heterocycles. The van der Waals surface area contributed by atoms with Crippen LogP contribution in [0.5, 0.6) is 23.0 Å². The van der Waals surface area contributed by atoms with Gasteiger partial charge in [0.1, 0.15) is 23.0 Å². The Kier molecular flexibility index (Phi) is 8.02. The smallest absolute Gasteiger partial charge is 0.123 e. The lowest BCUT2D eigenvalue weighted by molar-refractivity contribution is 0.120. The third-order valence-electron chi connectivity index (χ3n) is 5.29. The standard InChI is InChI=1S/C23H32N2O4/c1-26-20-5-7-21(8-6-20)29-16-4-11-24-12-14-25(15-13-24)18-19-17-22(27-2)9-10-23(19)28-3/h5-10,17H,4,11-16,18H2,1-3H3. The largest absolute Gasteiger partial charge is 0.497 e. The van der Waals surface area contributed by atoms with E-state index in [0.717, 1.165) is 75.3 Å². The van der Waals surface area contributed by atoms with Crippen LogP contribution in [-0.2, 0) is 6.54 Å². The predicted molar refractivity (Wildman–Crippen MR) is 114 cm³/mol. The maximum atomic E-state index is 5.83. The van der Waals surface area contributed by atoms with Crippen LogP contribution in [-0.4, -0.2) is 70.5 Å². The van der Waals surface area contributed by atoms with Crippen LogP contribution in [0.1, 0.15) is 12.0 Å². The first-order valence-corrected chi connectivity index (χ1v) is 10.1. The summed E-state index contributed by atoms with van der Waals surface area (Å²) in [5.74, 6) is 3.53. The molecule has 0 N–H and O–H groups in total. The maximum Gasteiger partial charge on any atom is 0.123 e. The second kappa shape index (κ2) is 10.9. The van der Waals surface area contributed by atoms with E-state index in [1.807, 2.05) is 36.4 Å². The van der Waals surface area contributed by atoms with Crippen LogP contribution in [0, 0.1) is 0 Å². The highest BCUT2D eigenvalue weighted by atomic mass is 16.5.